The van der Waals surface area contributed by atoms with Crippen LogP contribution in [0, 0.1) is 10.1 Å². The molecular formula is C20H21N3O5S. The normalized spacial score (nSPS) is 13.2. The number of hydrogen-bond donors (Lipinski definition) is 1. The molecule has 0 atom stereocenters. The number of benzene rings is 2. The number of hydrogen-bond acceptors (Lipinski definition) is 7. The Morgan fingerprint density at radius 2 is 1.93 bits per heavy atom. The SMILES string of the molecule is CSc1ccccc1NC(=O)COC(=O)c1cc([N+](=O)[O-])ccc1N1CCCC1. The highest BCUT2D eigenvalue weighted by molar-refractivity contribution is 7.98. The Kier molecular flexibility index (Phi) is 6.71. The lowest BCUT2D eigenvalue weighted by molar-refractivity contribution is -0.384. The maximum Gasteiger partial charge on any atom is 0.341 e. The zero-order chi connectivity index (χ0) is 20.8. The van der Waals surface area contributed by atoms with Crippen LogP contribution in [0.25, 0.3) is 0 Å². The van der Waals surface area contributed by atoms with Crippen LogP contribution in [0.15, 0.2) is 47.4 Å². The van der Waals surface area contributed by atoms with Crippen LogP contribution < -0.4 is 10.2 Å². The third kappa shape index (κ3) is 5.05. The Hall–Kier alpha value is -3.07. The summed E-state index contributed by atoms with van der Waals surface area (Å²) in [6.45, 7) is 1.05. The van der Waals surface area contributed by atoms with Crippen molar-refractivity contribution in [1.82, 2.24) is 0 Å². The first kappa shape index (κ1) is 20.7. The summed E-state index contributed by atoms with van der Waals surface area (Å²) in [4.78, 5) is 38.3. The van der Waals surface area contributed by atoms with Crippen molar-refractivity contribution in [3.8, 4) is 0 Å². The molecule has 1 N–H and O–H groups in total. The standard InChI is InChI=1S/C20H21N3O5S/c1-29-18-7-3-2-6-16(18)21-19(24)13-28-20(25)15-12-14(23(26)27)8-9-17(15)22-10-4-5-11-22/h2-3,6-9,12H,4-5,10-11,13H2,1H3,(H,21,24). The Morgan fingerprint density at radius 3 is 2.62 bits per heavy atom. The first-order valence-corrected chi connectivity index (χ1v) is 10.4. The molecule has 1 aliphatic rings. The molecule has 0 unspecified atom stereocenters. The molecule has 2 aromatic rings. The summed E-state index contributed by atoms with van der Waals surface area (Å²) in [6, 6.07) is 11.4. The molecule has 0 radical (unpaired) electrons. The number of non-ortho nitro benzene ring substituents is 1. The van der Waals surface area contributed by atoms with E-state index < -0.39 is 23.4 Å². The molecule has 2 aromatic carbocycles. The molecule has 3 rings (SSSR count). The van der Waals surface area contributed by atoms with Gasteiger partial charge in [0.2, 0.25) is 0 Å². The van der Waals surface area contributed by atoms with E-state index in [9.17, 15) is 19.7 Å². The van der Waals surface area contributed by atoms with Gasteiger partial charge in [-0.1, -0.05) is 12.1 Å². The van der Waals surface area contributed by atoms with Gasteiger partial charge in [0.1, 0.15) is 0 Å². The van der Waals surface area contributed by atoms with E-state index in [4.69, 9.17) is 4.74 Å². The third-order valence-corrected chi connectivity index (χ3v) is 5.37. The van der Waals surface area contributed by atoms with Crippen molar-refractivity contribution in [1.29, 1.82) is 0 Å². The summed E-state index contributed by atoms with van der Waals surface area (Å²) in [5.74, 6) is -1.24. The zero-order valence-corrected chi connectivity index (χ0v) is 16.7. The molecule has 152 valence electrons. The van der Waals surface area contributed by atoms with Crippen molar-refractivity contribution >= 4 is 40.7 Å². The Labute approximate surface area is 172 Å². The number of nitro groups is 1. The molecule has 1 amide bonds. The van der Waals surface area contributed by atoms with E-state index in [0.29, 0.717) is 11.4 Å². The van der Waals surface area contributed by atoms with Gasteiger partial charge in [-0.3, -0.25) is 14.9 Å². The predicted molar refractivity (Wildman–Crippen MR) is 112 cm³/mol. The highest BCUT2D eigenvalue weighted by Crippen LogP contribution is 2.29. The lowest BCUT2D eigenvalue weighted by atomic mass is 10.1. The summed E-state index contributed by atoms with van der Waals surface area (Å²) in [5, 5.41) is 13.8. The van der Waals surface area contributed by atoms with E-state index in [-0.39, 0.29) is 11.3 Å². The molecule has 29 heavy (non-hydrogen) atoms. The van der Waals surface area contributed by atoms with Gasteiger partial charge in [-0.25, -0.2) is 4.79 Å². The second-order valence-corrected chi connectivity index (χ2v) is 7.33. The fourth-order valence-corrected chi connectivity index (χ4v) is 3.73. The number of rotatable bonds is 7. The van der Waals surface area contributed by atoms with Gasteiger partial charge in [-0.2, -0.15) is 0 Å². The van der Waals surface area contributed by atoms with Crippen LogP contribution in [0.3, 0.4) is 0 Å². The number of ether oxygens (including phenoxy) is 1. The van der Waals surface area contributed by atoms with Crippen LogP contribution in [-0.2, 0) is 9.53 Å². The van der Waals surface area contributed by atoms with Crippen LogP contribution >= 0.6 is 11.8 Å². The van der Waals surface area contributed by atoms with Crippen molar-refractivity contribution in [3.05, 3.63) is 58.1 Å². The van der Waals surface area contributed by atoms with E-state index in [1.807, 2.05) is 23.3 Å². The molecule has 8 nitrogen and oxygen atoms in total. The summed E-state index contributed by atoms with van der Waals surface area (Å²) >= 11 is 1.49. The van der Waals surface area contributed by atoms with Crippen molar-refractivity contribution < 1.29 is 19.2 Å². The molecule has 1 heterocycles. The summed E-state index contributed by atoms with van der Waals surface area (Å²) < 4.78 is 5.16. The molecule has 0 aliphatic carbocycles. The quantitative estimate of drug-likeness (QED) is 0.318. The van der Waals surface area contributed by atoms with Crippen LogP contribution in [0.5, 0.6) is 0 Å². The number of esters is 1. The van der Waals surface area contributed by atoms with Crippen LogP contribution in [0.1, 0.15) is 23.2 Å². The van der Waals surface area contributed by atoms with E-state index in [0.717, 1.165) is 30.8 Å². The number of para-hydroxylation sites is 1. The van der Waals surface area contributed by atoms with Gasteiger partial charge in [0, 0.05) is 30.1 Å². The van der Waals surface area contributed by atoms with Crippen molar-refractivity contribution in [2.75, 3.05) is 36.2 Å². The number of nitrogens with one attached hydrogen (secondary N) is 1. The largest absolute Gasteiger partial charge is 0.452 e. The van der Waals surface area contributed by atoms with Gasteiger partial charge in [0.15, 0.2) is 6.61 Å². The Balaban J connectivity index is 1.71. The first-order chi connectivity index (χ1) is 14.0. The number of nitro benzene ring substituents is 1. The highest BCUT2D eigenvalue weighted by atomic mass is 32.2. The van der Waals surface area contributed by atoms with Gasteiger partial charge >= 0.3 is 5.97 Å². The molecule has 1 saturated heterocycles. The van der Waals surface area contributed by atoms with Crippen LogP contribution in [0.4, 0.5) is 17.1 Å². The van der Waals surface area contributed by atoms with E-state index in [1.54, 1.807) is 18.2 Å². The van der Waals surface area contributed by atoms with Gasteiger partial charge < -0.3 is 15.0 Å². The van der Waals surface area contributed by atoms with Gasteiger partial charge in [0.25, 0.3) is 11.6 Å². The molecule has 0 spiro atoms. The minimum absolute atomic E-state index is 0.0958. The predicted octanol–water partition coefficient (Wildman–Crippen LogP) is 3.71. The van der Waals surface area contributed by atoms with Crippen LogP contribution in [0.2, 0.25) is 0 Å². The lowest BCUT2D eigenvalue weighted by Crippen LogP contribution is -2.24. The number of carbonyl (C=O) groups is 2. The maximum atomic E-state index is 12.6. The fourth-order valence-electron chi connectivity index (χ4n) is 3.18. The Morgan fingerprint density at radius 1 is 1.21 bits per heavy atom. The van der Waals surface area contributed by atoms with Crippen molar-refractivity contribution in [3.63, 3.8) is 0 Å². The summed E-state index contributed by atoms with van der Waals surface area (Å²) in [5.41, 5.74) is 1.12. The fraction of sp³-hybridized carbons (Fsp3) is 0.300. The smallest absolute Gasteiger partial charge is 0.341 e. The molecular weight excluding hydrogens is 394 g/mol. The average Bonchev–Trinajstić information content (AvgIpc) is 3.26. The second-order valence-electron chi connectivity index (χ2n) is 6.48. The van der Waals surface area contributed by atoms with Gasteiger partial charge in [-0.15, -0.1) is 11.8 Å². The van der Waals surface area contributed by atoms with E-state index in [2.05, 4.69) is 5.32 Å². The zero-order valence-electron chi connectivity index (χ0n) is 15.9. The lowest BCUT2D eigenvalue weighted by Gasteiger charge is -2.20. The minimum atomic E-state index is -0.760. The monoisotopic (exact) mass is 415 g/mol. The minimum Gasteiger partial charge on any atom is -0.452 e. The summed E-state index contributed by atoms with van der Waals surface area (Å²) in [6.07, 6.45) is 3.87. The maximum absolute atomic E-state index is 12.6. The number of nitrogens with zero attached hydrogens (tertiary/aromatic N) is 2. The molecule has 1 aliphatic heterocycles. The summed E-state index contributed by atoms with van der Waals surface area (Å²) in [7, 11) is 0. The van der Waals surface area contributed by atoms with Gasteiger partial charge in [0.05, 0.1) is 21.9 Å². The Bertz CT molecular complexity index is 928. The molecule has 9 heteroatoms. The number of anilines is 2. The van der Waals surface area contributed by atoms with Crippen molar-refractivity contribution in [2.24, 2.45) is 0 Å². The topological polar surface area (TPSA) is 102 Å². The second kappa shape index (κ2) is 9.42. The molecule has 1 fully saturated rings. The highest BCUT2D eigenvalue weighted by Gasteiger charge is 2.24. The molecule has 0 bridgehead atoms. The number of carbonyl (C=O) groups excluding carboxylic acids is 2. The average molecular weight is 415 g/mol. The number of thioether (sulfide) groups is 1. The van der Waals surface area contributed by atoms with E-state index in [1.165, 1.54) is 23.9 Å². The van der Waals surface area contributed by atoms with Crippen molar-refractivity contribution in [2.45, 2.75) is 17.7 Å². The third-order valence-electron chi connectivity index (χ3n) is 4.57. The first-order valence-electron chi connectivity index (χ1n) is 9.13. The molecule has 0 aromatic heterocycles. The van der Waals surface area contributed by atoms with E-state index >= 15 is 0 Å². The van der Waals surface area contributed by atoms with Gasteiger partial charge in [-0.05, 0) is 37.3 Å². The molecule has 0 saturated carbocycles. The van der Waals surface area contributed by atoms with Crippen LogP contribution in [-0.4, -0.2) is 42.8 Å². The number of amides is 1.